The second-order valence-corrected chi connectivity index (χ2v) is 68.0. The molecule has 0 aliphatic heterocycles. The molecule has 0 radical (unpaired) electrons. The van der Waals surface area contributed by atoms with Crippen LogP contribution in [0.15, 0.2) is 175 Å². The third-order valence-corrected chi connectivity index (χ3v) is 47.5. The summed E-state index contributed by atoms with van der Waals surface area (Å²) in [6.45, 7) is -0.152. The Morgan fingerprint density at radius 2 is 1.11 bits per heavy atom. The Morgan fingerprint density at radius 1 is 0.581 bits per heavy atom. The van der Waals surface area contributed by atoms with Crippen LogP contribution in [0.25, 0.3) is 39.3 Å². The van der Waals surface area contributed by atoms with Gasteiger partial charge in [0, 0.05) is 87.5 Å². The Hall–Kier alpha value is -4.88. The van der Waals surface area contributed by atoms with Crippen molar-refractivity contribution in [2.45, 2.75) is 92.0 Å². The first-order valence-electron chi connectivity index (χ1n) is 38.0. The first-order chi connectivity index (χ1) is 61.8. The topological polar surface area (TPSA) is 554 Å². The smallest absolute Gasteiger partial charge is 0.443 e. The molecule has 0 saturated carbocycles. The minimum absolute atomic E-state index is 0.172. The number of imidazole rings is 2. The number of H-pyrrole nitrogens is 2. The summed E-state index contributed by atoms with van der Waals surface area (Å²) in [5.74, 6) is 1.42. The molecule has 712 valence electrons. The number of hydrogen-bond acceptors (Lipinski definition) is 38. The molecule has 8 heterocycles. The molecule has 0 fully saturated rings. The van der Waals surface area contributed by atoms with Crippen LogP contribution in [-0.2, 0) is 154 Å². The maximum Gasteiger partial charge on any atom is 0.513 e. The van der Waals surface area contributed by atoms with Crippen LogP contribution in [0.1, 0.15) is 57.8 Å². The molecule has 9 aromatic rings. The zero-order valence-corrected chi connectivity index (χ0v) is 86.7. The summed E-state index contributed by atoms with van der Waals surface area (Å²) in [7, 11) is 0.503. The molecule has 0 spiro atoms. The number of aryl methyl sites for hydroxylation is 2. The van der Waals surface area contributed by atoms with E-state index in [1.54, 1.807) is 71.6 Å². The number of allylic oxidation sites excluding steroid dienone is 10. The Balaban J connectivity index is 0.000000287. The predicted octanol–water partition coefficient (Wildman–Crippen LogP) is 15.8. The van der Waals surface area contributed by atoms with E-state index in [4.69, 9.17) is 56.2 Å². The van der Waals surface area contributed by atoms with Crippen LogP contribution in [0, 0.1) is 0 Å². The number of aromatic nitrogens is 14. The lowest BCUT2D eigenvalue weighted by Gasteiger charge is -2.14. The second-order valence-electron chi connectivity index (χ2n) is 25.8. The van der Waals surface area contributed by atoms with Gasteiger partial charge >= 0.3 is 40.7 Å². The molecule has 9 rings (SSSR count). The van der Waals surface area contributed by atoms with Crippen LogP contribution in [0.3, 0.4) is 0 Å². The van der Waals surface area contributed by atoms with Gasteiger partial charge in [-0.05, 0) is 58.7 Å². The third-order valence-electron chi connectivity index (χ3n) is 15.9. The molecular formula is C68H108N15O31P15+4. The van der Waals surface area contributed by atoms with Gasteiger partial charge in [0.2, 0.25) is 59.2 Å². The van der Waals surface area contributed by atoms with E-state index >= 15 is 0 Å². The lowest BCUT2D eigenvalue weighted by Crippen LogP contribution is -2.28. The number of anilines is 1. The van der Waals surface area contributed by atoms with E-state index < -0.39 is 73.1 Å². The van der Waals surface area contributed by atoms with Crippen molar-refractivity contribution < 1.29 is 122 Å². The minimum Gasteiger partial charge on any atom is -0.443 e. The van der Waals surface area contributed by atoms with E-state index in [-0.39, 0.29) is 111 Å². The predicted molar refractivity (Wildman–Crippen MR) is 511 cm³/mol. The quantitative estimate of drug-likeness (QED) is 0.00777. The molecule has 8 aromatic heterocycles. The van der Waals surface area contributed by atoms with Gasteiger partial charge in [-0.2, -0.15) is 28.7 Å². The van der Waals surface area contributed by atoms with Crippen LogP contribution < -0.4 is 33.9 Å². The number of nitrogen functional groups attached to an aromatic ring is 1. The number of benzene rings is 1. The van der Waals surface area contributed by atoms with Gasteiger partial charge in [0.1, 0.15) is 69.2 Å². The first kappa shape index (κ1) is 115. The zero-order chi connectivity index (χ0) is 94.7. The first-order valence-corrected chi connectivity index (χ1v) is 64.6. The van der Waals surface area contributed by atoms with E-state index in [1.807, 2.05) is 36.6 Å². The lowest BCUT2D eigenvalue weighted by atomic mass is 10.1. The SMILES string of the molecule is CCCCCc1cc2cn(C/C=C/CP(=O)(O[P+](C)=O)O[P+](C)=O)c(=O)nc2o1.CCCc1ccc(-c2cn(C/C=C/C[P+](O)(POOC)POOC)nn2)cc1.COOPP(=O)(C/C=C(\C)Cn1ccc(=O)[nH]c1=O)POOC.COOPP(=O)(C/C=C/Cn1ccc(N)nc1=O)POOC.COOP[P+](O)(C/C=C/Cn1cnc2c(=O)n3ccnc3[nH]c21)POOC. The summed E-state index contributed by atoms with van der Waals surface area (Å²) < 4.78 is 123. The average molecular weight is 2100 g/mol. The van der Waals surface area contributed by atoms with E-state index in [0.717, 1.165) is 66.5 Å². The van der Waals surface area contributed by atoms with Gasteiger partial charge in [-0.1, -0.05) is 119 Å². The normalized spacial score (nSPS) is 15.2. The minimum atomic E-state index is -3.79. The van der Waals surface area contributed by atoms with E-state index in [2.05, 4.69) is 117 Å². The molecule has 0 saturated heterocycles. The maximum atomic E-state index is 12.7. The maximum absolute atomic E-state index is 12.7. The molecule has 10 atom stereocenters. The van der Waals surface area contributed by atoms with Gasteiger partial charge in [-0.15, -0.1) is 5.10 Å². The standard InChI is InChI=1S/C17H27N3O5P3.C17H25N2O7P3.C13H18N5O6P3.C11H19N2O7P3.C10H18N3O6P3/c1-4-7-15-8-10-16(11-9-15)17-14-20(19-18-17)12-5-6-13-28(21,26-24-22-2)27-25-23-3;1-4-5-6-9-15-12-14-13-19(17(20)18-16(14)24-15)10-7-8-11-29(23,25-27(2)21)26-28(3)22;1-21-23-25-27(20,26-24-22-2)8-4-3-6-17-9-15-10-11(17)16-13-14-5-7-18(13)12(10)19;1-9(8-13-6-4-10(14)12-11(13)15)5-7-23(16,21-19-17-2)22-20-18-3;1-16-18-20-22(15,21-19-17-2)8-4-3-6-13-7-5-9(11)12-10(13)14/h5-6,8-11,14,21,26-27H,4,7,12-13H2,1-3H3;7-8,12-13H,4-6,9-11H2,1-3H3;3-5,7,9,20,25-26H,6,8H2,1-2H3;4-6,21-22H,7-8H2,1-3H3,(H,12,14,15);3-5,7,20-21H,6,8H2,1-2H3,(H2,11,12,14)/q+1;+2;;;/p+1/b6-5+;8-7+;4-3+;9-5+;4-3+. The van der Waals surface area contributed by atoms with Crippen molar-refractivity contribution in [3.63, 3.8) is 0 Å². The highest BCUT2D eigenvalue weighted by Crippen LogP contribution is 2.85. The van der Waals surface area contributed by atoms with Crippen LogP contribution >= 0.6 is 118 Å². The fourth-order valence-corrected chi connectivity index (χ4v) is 31.8. The lowest BCUT2D eigenvalue weighted by molar-refractivity contribution is -0.165. The van der Waals surface area contributed by atoms with Crippen LogP contribution in [0.5, 0.6) is 0 Å². The zero-order valence-electron chi connectivity index (χ0n) is 72.4. The molecule has 10 unspecified atom stereocenters. The number of nitrogens with one attached hydrogen (secondary N) is 2. The second kappa shape index (κ2) is 62.7. The summed E-state index contributed by atoms with van der Waals surface area (Å²) in [6, 6.07) is 13.1. The highest BCUT2D eigenvalue weighted by Gasteiger charge is 2.42. The van der Waals surface area contributed by atoms with Crippen molar-refractivity contribution in [1.29, 1.82) is 0 Å². The van der Waals surface area contributed by atoms with Crippen molar-refractivity contribution in [3.05, 3.63) is 210 Å². The number of rotatable bonds is 55. The molecule has 0 aliphatic carbocycles. The van der Waals surface area contributed by atoms with Crippen molar-refractivity contribution >= 4 is 152 Å². The van der Waals surface area contributed by atoms with Gasteiger partial charge in [-0.25, -0.2) is 101 Å². The molecule has 46 nitrogen and oxygen atoms in total. The molecule has 0 bridgehead atoms. The summed E-state index contributed by atoms with van der Waals surface area (Å²) in [5, 5.41) is 9.13. The Kier molecular flexibility index (Phi) is 55.7. The molecule has 6 N–H and O–H groups in total. The summed E-state index contributed by atoms with van der Waals surface area (Å²) >= 11 is 0. The van der Waals surface area contributed by atoms with E-state index in [1.165, 1.54) is 118 Å². The van der Waals surface area contributed by atoms with Crippen LogP contribution in [0.2, 0.25) is 0 Å². The van der Waals surface area contributed by atoms with Gasteiger partial charge in [0.25, 0.3) is 11.1 Å². The fourth-order valence-electron chi connectivity index (χ4n) is 10.0. The molecule has 129 heavy (non-hydrogen) atoms. The van der Waals surface area contributed by atoms with Gasteiger partial charge in [0.15, 0.2) is 31.9 Å². The highest BCUT2D eigenvalue weighted by molar-refractivity contribution is 8.57. The fraction of sp³-hybridized carbons (Fsp3) is 0.426. The molecule has 1 aromatic carbocycles. The van der Waals surface area contributed by atoms with E-state index in [9.17, 15) is 56.6 Å². The highest BCUT2D eigenvalue weighted by atomic mass is 32.5. The van der Waals surface area contributed by atoms with E-state index in [0.29, 0.717) is 54.6 Å². The third kappa shape index (κ3) is 43.8. The number of furan rings is 1. The van der Waals surface area contributed by atoms with Crippen molar-refractivity contribution in [1.82, 2.24) is 67.6 Å². The molecule has 61 heteroatoms. The summed E-state index contributed by atoms with van der Waals surface area (Å²) in [6.07, 6.45) is 34.3. The van der Waals surface area contributed by atoms with Gasteiger partial charge in [0.05, 0.1) is 87.5 Å². The van der Waals surface area contributed by atoms with Gasteiger partial charge in [-0.3, -0.25) is 32.8 Å². The Morgan fingerprint density at radius 3 is 1.65 bits per heavy atom. The number of aromatic amines is 2. The largest absolute Gasteiger partial charge is 0.513 e. The number of hydrogen-bond donors (Lipinski definition) is 5. The molecular weight excluding hydrogens is 1990 g/mol. The van der Waals surface area contributed by atoms with Crippen molar-refractivity contribution in [2.75, 3.05) is 107 Å². The molecule has 0 aliphatic rings. The van der Waals surface area contributed by atoms with Crippen molar-refractivity contribution in [3.8, 4) is 11.3 Å². The number of fused-ring (bicyclic) bond motifs is 3. The number of unbranched alkanes of at least 4 members (excludes halogenated alkanes) is 2. The number of nitrogens with two attached hydrogens (primary N) is 1. The van der Waals surface area contributed by atoms with Crippen LogP contribution in [-0.4, -0.2) is 178 Å². The average Bonchev–Trinajstić information content (AvgIpc) is 1.62. The van der Waals surface area contributed by atoms with Crippen molar-refractivity contribution in [2.24, 2.45) is 0 Å². The summed E-state index contributed by atoms with van der Waals surface area (Å²) in [5.41, 5.74) is 8.57. The molecule has 0 amide bonds. The number of nitrogens with zero attached hydrogens (tertiary/aromatic N) is 12. The summed E-state index contributed by atoms with van der Waals surface area (Å²) in [4.78, 5) is 137. The van der Waals surface area contributed by atoms with Gasteiger partial charge < -0.3 is 28.8 Å². The monoisotopic (exact) mass is 2100 g/mol. The Bertz CT molecular complexity index is 5480. The Labute approximate surface area is 757 Å². The van der Waals surface area contributed by atoms with Crippen LogP contribution in [0.4, 0.5) is 5.82 Å².